The molecule has 20 heavy (non-hydrogen) atoms. The predicted molar refractivity (Wildman–Crippen MR) is 77.5 cm³/mol. The van der Waals surface area contributed by atoms with Gasteiger partial charge in [0.15, 0.2) is 5.82 Å². The Labute approximate surface area is 119 Å². The maximum Gasteiger partial charge on any atom is 0.257 e. The van der Waals surface area contributed by atoms with Gasteiger partial charge in [-0.05, 0) is 12.1 Å². The fraction of sp³-hybridized carbons (Fsp3) is 0. The number of hydrogen-bond donors (Lipinski definition) is 1. The minimum atomic E-state index is -0.219. The molecule has 2 aromatic heterocycles. The van der Waals surface area contributed by atoms with Gasteiger partial charge in [-0.2, -0.15) is 9.36 Å². The second-order valence-electron chi connectivity index (χ2n) is 3.98. The molecule has 98 valence electrons. The SMILES string of the molecule is O=C(Nc1nc(-c2ccccc2)ns1)c1ccncc1. The molecule has 3 rings (SSSR count). The smallest absolute Gasteiger partial charge is 0.257 e. The summed E-state index contributed by atoms with van der Waals surface area (Å²) in [4.78, 5) is 20.1. The van der Waals surface area contributed by atoms with E-state index in [0.29, 0.717) is 16.5 Å². The molecule has 3 aromatic rings. The summed E-state index contributed by atoms with van der Waals surface area (Å²) in [6.07, 6.45) is 3.15. The van der Waals surface area contributed by atoms with Gasteiger partial charge in [-0.15, -0.1) is 0 Å². The van der Waals surface area contributed by atoms with E-state index in [1.807, 2.05) is 30.3 Å². The van der Waals surface area contributed by atoms with Crippen LogP contribution in [0.4, 0.5) is 5.13 Å². The highest BCUT2D eigenvalue weighted by Crippen LogP contribution is 2.20. The number of pyridine rings is 1. The number of aromatic nitrogens is 3. The van der Waals surface area contributed by atoms with E-state index in [1.165, 1.54) is 0 Å². The van der Waals surface area contributed by atoms with Gasteiger partial charge in [-0.25, -0.2) is 0 Å². The summed E-state index contributed by atoms with van der Waals surface area (Å²) in [6.45, 7) is 0. The third kappa shape index (κ3) is 2.70. The average molecular weight is 282 g/mol. The van der Waals surface area contributed by atoms with Gasteiger partial charge < -0.3 is 0 Å². The number of amides is 1. The largest absolute Gasteiger partial charge is 0.297 e. The van der Waals surface area contributed by atoms with Gasteiger partial charge in [0.1, 0.15) is 0 Å². The fourth-order valence-electron chi connectivity index (χ4n) is 1.65. The minimum Gasteiger partial charge on any atom is -0.297 e. The van der Waals surface area contributed by atoms with Gasteiger partial charge in [-0.1, -0.05) is 30.3 Å². The Kier molecular flexibility index (Phi) is 3.47. The van der Waals surface area contributed by atoms with Crippen molar-refractivity contribution in [1.29, 1.82) is 0 Å². The van der Waals surface area contributed by atoms with Crippen LogP contribution in [-0.4, -0.2) is 20.2 Å². The summed E-state index contributed by atoms with van der Waals surface area (Å²) in [7, 11) is 0. The van der Waals surface area contributed by atoms with Crippen LogP contribution in [-0.2, 0) is 0 Å². The summed E-state index contributed by atoms with van der Waals surface area (Å²) in [5.74, 6) is 0.392. The van der Waals surface area contributed by atoms with E-state index >= 15 is 0 Å². The maximum absolute atomic E-state index is 12.0. The second kappa shape index (κ2) is 5.58. The van der Waals surface area contributed by atoms with Crippen LogP contribution in [0.2, 0.25) is 0 Å². The summed E-state index contributed by atoms with van der Waals surface area (Å²) in [6, 6.07) is 12.9. The molecule has 0 unspecified atom stereocenters. The molecular weight excluding hydrogens is 272 g/mol. The Morgan fingerprint density at radius 1 is 1.05 bits per heavy atom. The molecule has 0 saturated heterocycles. The van der Waals surface area contributed by atoms with Crippen LogP contribution in [0.25, 0.3) is 11.4 Å². The standard InChI is InChI=1S/C14H10N4OS/c19-13(11-6-8-15-9-7-11)17-14-16-12(18-20-14)10-4-2-1-3-5-10/h1-9H,(H,16,17,18,19). The van der Waals surface area contributed by atoms with E-state index in [1.54, 1.807) is 24.5 Å². The van der Waals surface area contributed by atoms with Crippen molar-refractivity contribution >= 4 is 22.6 Å². The topological polar surface area (TPSA) is 67.8 Å². The minimum absolute atomic E-state index is 0.219. The molecule has 0 spiro atoms. The predicted octanol–water partition coefficient (Wildman–Crippen LogP) is 2.85. The molecule has 1 N–H and O–H groups in total. The van der Waals surface area contributed by atoms with Gasteiger partial charge in [0.25, 0.3) is 5.91 Å². The lowest BCUT2D eigenvalue weighted by Crippen LogP contribution is -2.11. The lowest BCUT2D eigenvalue weighted by molar-refractivity contribution is 0.102. The van der Waals surface area contributed by atoms with Crippen molar-refractivity contribution in [3.63, 3.8) is 0 Å². The van der Waals surface area contributed by atoms with E-state index in [9.17, 15) is 4.79 Å². The molecule has 0 bridgehead atoms. The van der Waals surface area contributed by atoms with Crippen molar-refractivity contribution < 1.29 is 4.79 Å². The summed E-state index contributed by atoms with van der Waals surface area (Å²) >= 11 is 1.16. The van der Waals surface area contributed by atoms with Crippen LogP contribution >= 0.6 is 11.5 Å². The lowest BCUT2D eigenvalue weighted by atomic mass is 10.2. The highest BCUT2D eigenvalue weighted by atomic mass is 32.1. The molecule has 6 heteroatoms. The number of benzene rings is 1. The number of nitrogens with one attached hydrogen (secondary N) is 1. The van der Waals surface area contributed by atoms with Gasteiger partial charge in [0, 0.05) is 35.1 Å². The average Bonchev–Trinajstić information content (AvgIpc) is 2.97. The molecule has 1 aromatic carbocycles. The van der Waals surface area contributed by atoms with Crippen molar-refractivity contribution in [3.8, 4) is 11.4 Å². The highest BCUT2D eigenvalue weighted by Gasteiger charge is 2.10. The van der Waals surface area contributed by atoms with Crippen LogP contribution in [0, 0.1) is 0 Å². The highest BCUT2D eigenvalue weighted by molar-refractivity contribution is 7.10. The number of carbonyl (C=O) groups excluding carboxylic acids is 1. The van der Waals surface area contributed by atoms with Crippen molar-refractivity contribution in [2.24, 2.45) is 0 Å². The van der Waals surface area contributed by atoms with Crippen LogP contribution < -0.4 is 5.32 Å². The van der Waals surface area contributed by atoms with E-state index in [0.717, 1.165) is 17.1 Å². The molecule has 0 fully saturated rings. The maximum atomic E-state index is 12.0. The molecule has 1 amide bonds. The molecule has 0 aliphatic heterocycles. The number of hydrogen-bond acceptors (Lipinski definition) is 5. The number of carbonyl (C=O) groups is 1. The lowest BCUT2D eigenvalue weighted by Gasteiger charge is -1.99. The van der Waals surface area contributed by atoms with Crippen LogP contribution in [0.15, 0.2) is 54.9 Å². The first-order chi connectivity index (χ1) is 9.83. The zero-order valence-electron chi connectivity index (χ0n) is 10.4. The Morgan fingerprint density at radius 2 is 1.80 bits per heavy atom. The van der Waals surface area contributed by atoms with Gasteiger partial charge in [0.05, 0.1) is 0 Å². The Hall–Kier alpha value is -2.60. The molecule has 0 aliphatic rings. The quantitative estimate of drug-likeness (QED) is 0.802. The first kappa shape index (κ1) is 12.4. The molecule has 5 nitrogen and oxygen atoms in total. The van der Waals surface area contributed by atoms with E-state index in [4.69, 9.17) is 0 Å². The summed E-state index contributed by atoms with van der Waals surface area (Å²) < 4.78 is 4.24. The summed E-state index contributed by atoms with van der Waals surface area (Å²) in [5, 5.41) is 3.20. The molecule has 0 saturated carbocycles. The van der Waals surface area contributed by atoms with Gasteiger partial charge in [-0.3, -0.25) is 15.1 Å². The third-order valence-corrected chi connectivity index (χ3v) is 3.25. The van der Waals surface area contributed by atoms with Crippen molar-refractivity contribution in [3.05, 3.63) is 60.4 Å². The Morgan fingerprint density at radius 3 is 2.55 bits per heavy atom. The monoisotopic (exact) mass is 282 g/mol. The molecule has 0 radical (unpaired) electrons. The van der Waals surface area contributed by atoms with E-state index in [-0.39, 0.29) is 5.91 Å². The normalized spacial score (nSPS) is 10.2. The van der Waals surface area contributed by atoms with Crippen LogP contribution in [0.5, 0.6) is 0 Å². The van der Waals surface area contributed by atoms with Crippen molar-refractivity contribution in [1.82, 2.24) is 14.3 Å². The van der Waals surface area contributed by atoms with E-state index < -0.39 is 0 Å². The fourth-order valence-corrected chi connectivity index (χ4v) is 2.24. The van der Waals surface area contributed by atoms with Gasteiger partial charge in [0.2, 0.25) is 5.13 Å². The zero-order chi connectivity index (χ0) is 13.8. The number of rotatable bonds is 3. The first-order valence-corrected chi connectivity index (χ1v) is 6.71. The zero-order valence-corrected chi connectivity index (χ0v) is 11.2. The Bertz CT molecular complexity index is 712. The second-order valence-corrected chi connectivity index (χ2v) is 4.73. The van der Waals surface area contributed by atoms with E-state index in [2.05, 4.69) is 19.7 Å². The van der Waals surface area contributed by atoms with Crippen molar-refractivity contribution in [2.75, 3.05) is 5.32 Å². The summed E-state index contributed by atoms with van der Waals surface area (Å²) in [5.41, 5.74) is 1.46. The first-order valence-electron chi connectivity index (χ1n) is 5.93. The van der Waals surface area contributed by atoms with Gasteiger partial charge >= 0.3 is 0 Å². The number of nitrogens with zero attached hydrogens (tertiary/aromatic N) is 3. The van der Waals surface area contributed by atoms with Crippen molar-refractivity contribution in [2.45, 2.75) is 0 Å². The molecule has 2 heterocycles. The van der Waals surface area contributed by atoms with Crippen LogP contribution in [0.3, 0.4) is 0 Å². The Balaban J connectivity index is 1.77. The number of anilines is 1. The third-order valence-electron chi connectivity index (χ3n) is 2.62. The molecular formula is C14H10N4OS. The van der Waals surface area contributed by atoms with Crippen LogP contribution in [0.1, 0.15) is 10.4 Å². The molecule has 0 aliphatic carbocycles. The molecule has 0 atom stereocenters.